The first kappa shape index (κ1) is 13.4. The summed E-state index contributed by atoms with van der Waals surface area (Å²) in [6.45, 7) is 1.39. The normalized spacial score (nSPS) is 10.2. The molecule has 0 bridgehead atoms. The molecule has 0 unspecified atom stereocenters. The average Bonchev–Trinajstić information content (AvgIpc) is 2.38. The molecule has 0 aromatic heterocycles. The van der Waals surface area contributed by atoms with E-state index in [2.05, 4.69) is 15.9 Å². The third kappa shape index (κ3) is 2.88. The minimum atomic E-state index is -0.468. The molecule has 2 aromatic carbocycles. The first-order valence-electron chi connectivity index (χ1n) is 5.54. The molecule has 4 nitrogen and oxygen atoms in total. The number of carbonyl (C=O) groups is 1. The Balaban J connectivity index is 2.59. The van der Waals surface area contributed by atoms with Gasteiger partial charge in [0.2, 0.25) is 0 Å². The summed E-state index contributed by atoms with van der Waals surface area (Å²) in [6.07, 6.45) is 0. The standard InChI is InChI=1S/C14H10BrNO3/c1-9(17)11-4-7-13(14(8-11)16(18)19)10-2-5-12(15)6-3-10/h2-8H,1H3. The van der Waals surface area contributed by atoms with Crippen molar-refractivity contribution in [3.05, 3.63) is 62.6 Å². The number of hydrogen-bond donors (Lipinski definition) is 0. The van der Waals surface area contributed by atoms with Crippen molar-refractivity contribution in [3.8, 4) is 11.1 Å². The van der Waals surface area contributed by atoms with Gasteiger partial charge >= 0.3 is 0 Å². The van der Waals surface area contributed by atoms with Crippen molar-refractivity contribution in [2.75, 3.05) is 0 Å². The highest BCUT2D eigenvalue weighted by Crippen LogP contribution is 2.31. The lowest BCUT2D eigenvalue weighted by atomic mass is 10.0. The van der Waals surface area contributed by atoms with E-state index in [-0.39, 0.29) is 11.5 Å². The summed E-state index contributed by atoms with van der Waals surface area (Å²) < 4.78 is 0.902. The minimum Gasteiger partial charge on any atom is -0.295 e. The van der Waals surface area contributed by atoms with E-state index in [1.165, 1.54) is 13.0 Å². The monoisotopic (exact) mass is 319 g/mol. The number of benzene rings is 2. The molecule has 0 heterocycles. The number of halogens is 1. The van der Waals surface area contributed by atoms with Gasteiger partial charge in [-0.15, -0.1) is 0 Å². The van der Waals surface area contributed by atoms with Crippen molar-refractivity contribution < 1.29 is 9.72 Å². The Morgan fingerprint density at radius 3 is 2.32 bits per heavy atom. The van der Waals surface area contributed by atoms with Crippen molar-refractivity contribution in [1.29, 1.82) is 0 Å². The molecule has 0 atom stereocenters. The maximum atomic E-state index is 11.3. The van der Waals surface area contributed by atoms with Crippen molar-refractivity contribution in [3.63, 3.8) is 0 Å². The molecule has 0 N–H and O–H groups in total. The molecule has 0 saturated carbocycles. The van der Waals surface area contributed by atoms with E-state index in [4.69, 9.17) is 0 Å². The van der Waals surface area contributed by atoms with Crippen LogP contribution in [-0.2, 0) is 0 Å². The van der Waals surface area contributed by atoms with Crippen LogP contribution >= 0.6 is 15.9 Å². The summed E-state index contributed by atoms with van der Waals surface area (Å²) in [7, 11) is 0. The molecule has 96 valence electrons. The highest BCUT2D eigenvalue weighted by atomic mass is 79.9. The van der Waals surface area contributed by atoms with Crippen LogP contribution in [0.3, 0.4) is 0 Å². The lowest BCUT2D eigenvalue weighted by Crippen LogP contribution is -1.97. The molecule has 0 aliphatic rings. The largest absolute Gasteiger partial charge is 0.295 e. The van der Waals surface area contributed by atoms with Crippen molar-refractivity contribution >= 4 is 27.4 Å². The fraction of sp³-hybridized carbons (Fsp3) is 0.0714. The molecule has 0 spiro atoms. The molecule has 0 fully saturated rings. The summed E-state index contributed by atoms with van der Waals surface area (Å²) in [5, 5.41) is 11.1. The fourth-order valence-corrected chi connectivity index (χ4v) is 2.04. The van der Waals surface area contributed by atoms with E-state index in [0.29, 0.717) is 11.1 Å². The van der Waals surface area contributed by atoms with Gasteiger partial charge in [-0.25, -0.2) is 0 Å². The second-order valence-corrected chi connectivity index (χ2v) is 4.97. The van der Waals surface area contributed by atoms with Crippen LogP contribution in [0.5, 0.6) is 0 Å². The van der Waals surface area contributed by atoms with Gasteiger partial charge in [0.1, 0.15) is 0 Å². The minimum absolute atomic E-state index is 0.0602. The SMILES string of the molecule is CC(=O)c1ccc(-c2ccc(Br)cc2)c([N+](=O)[O-])c1. The van der Waals surface area contributed by atoms with E-state index >= 15 is 0 Å². The molecule has 19 heavy (non-hydrogen) atoms. The maximum absolute atomic E-state index is 11.3. The summed E-state index contributed by atoms with van der Waals surface area (Å²) in [5.74, 6) is -0.189. The average molecular weight is 320 g/mol. The first-order chi connectivity index (χ1) is 8.99. The van der Waals surface area contributed by atoms with Crippen LogP contribution in [0.15, 0.2) is 46.9 Å². The number of carbonyl (C=O) groups excluding carboxylic acids is 1. The van der Waals surface area contributed by atoms with Crippen LogP contribution in [0.2, 0.25) is 0 Å². The Labute approximate surface area is 118 Å². The van der Waals surface area contributed by atoms with Gasteiger partial charge in [0, 0.05) is 16.1 Å². The number of nitrogens with zero attached hydrogens (tertiary/aromatic N) is 1. The summed E-state index contributed by atoms with van der Waals surface area (Å²) in [6, 6.07) is 11.8. The van der Waals surface area contributed by atoms with Crippen molar-refractivity contribution in [2.45, 2.75) is 6.92 Å². The van der Waals surface area contributed by atoms with Crippen LogP contribution in [0.1, 0.15) is 17.3 Å². The number of nitro benzene ring substituents is 1. The highest BCUT2D eigenvalue weighted by Gasteiger charge is 2.17. The zero-order valence-electron chi connectivity index (χ0n) is 10.1. The first-order valence-corrected chi connectivity index (χ1v) is 6.33. The lowest BCUT2D eigenvalue weighted by molar-refractivity contribution is -0.384. The predicted octanol–water partition coefficient (Wildman–Crippen LogP) is 4.23. The number of rotatable bonds is 3. The van der Waals surface area contributed by atoms with Crippen LogP contribution < -0.4 is 0 Å². The third-order valence-electron chi connectivity index (χ3n) is 2.76. The van der Waals surface area contributed by atoms with Crippen LogP contribution in [0, 0.1) is 10.1 Å². The van der Waals surface area contributed by atoms with Crippen molar-refractivity contribution in [1.82, 2.24) is 0 Å². The molecule has 0 aliphatic heterocycles. The molecule has 0 amide bonds. The lowest BCUT2D eigenvalue weighted by Gasteiger charge is -2.05. The smallest absolute Gasteiger partial charge is 0.277 e. The molecule has 0 radical (unpaired) electrons. The molecule has 5 heteroatoms. The molecule has 0 aliphatic carbocycles. The van der Waals surface area contributed by atoms with Crippen LogP contribution in [0.4, 0.5) is 5.69 Å². The number of Topliss-reactive ketones (excluding diaryl/α,β-unsaturated/α-hetero) is 1. The maximum Gasteiger partial charge on any atom is 0.277 e. The fourth-order valence-electron chi connectivity index (χ4n) is 1.78. The Hall–Kier alpha value is -2.01. The van der Waals surface area contributed by atoms with Gasteiger partial charge in [-0.3, -0.25) is 14.9 Å². The van der Waals surface area contributed by atoms with Gasteiger partial charge < -0.3 is 0 Å². The zero-order chi connectivity index (χ0) is 14.0. The second kappa shape index (κ2) is 5.32. The summed E-state index contributed by atoms with van der Waals surface area (Å²) in [4.78, 5) is 21.9. The topological polar surface area (TPSA) is 60.2 Å². The Morgan fingerprint density at radius 2 is 1.79 bits per heavy atom. The number of nitro groups is 1. The summed E-state index contributed by atoms with van der Waals surface area (Å²) >= 11 is 3.32. The van der Waals surface area contributed by atoms with Gasteiger partial charge in [-0.2, -0.15) is 0 Å². The van der Waals surface area contributed by atoms with E-state index in [1.807, 2.05) is 12.1 Å². The molecular weight excluding hydrogens is 310 g/mol. The van der Waals surface area contributed by atoms with Crippen molar-refractivity contribution in [2.24, 2.45) is 0 Å². The Morgan fingerprint density at radius 1 is 1.16 bits per heavy atom. The molecule has 2 rings (SSSR count). The third-order valence-corrected chi connectivity index (χ3v) is 3.28. The summed E-state index contributed by atoms with van der Waals surface area (Å²) in [5.41, 5.74) is 1.52. The van der Waals surface area contributed by atoms with Gasteiger partial charge in [0.15, 0.2) is 5.78 Å². The van der Waals surface area contributed by atoms with Crippen LogP contribution in [-0.4, -0.2) is 10.7 Å². The predicted molar refractivity (Wildman–Crippen MR) is 76.2 cm³/mol. The molecule has 0 saturated heterocycles. The van der Waals surface area contributed by atoms with E-state index in [9.17, 15) is 14.9 Å². The second-order valence-electron chi connectivity index (χ2n) is 4.05. The van der Waals surface area contributed by atoms with Gasteiger partial charge in [0.25, 0.3) is 5.69 Å². The Kier molecular flexibility index (Phi) is 3.76. The van der Waals surface area contributed by atoms with Crippen LogP contribution in [0.25, 0.3) is 11.1 Å². The highest BCUT2D eigenvalue weighted by molar-refractivity contribution is 9.10. The molecular formula is C14H10BrNO3. The quantitative estimate of drug-likeness (QED) is 0.483. The Bertz CT molecular complexity index is 650. The van der Waals surface area contributed by atoms with E-state index in [0.717, 1.165) is 10.0 Å². The zero-order valence-corrected chi connectivity index (χ0v) is 11.7. The van der Waals surface area contributed by atoms with Gasteiger partial charge in [-0.05, 0) is 30.7 Å². The molecule has 2 aromatic rings. The number of ketones is 1. The van der Waals surface area contributed by atoms with Gasteiger partial charge in [0.05, 0.1) is 10.5 Å². The number of hydrogen-bond acceptors (Lipinski definition) is 3. The van der Waals surface area contributed by atoms with Gasteiger partial charge in [-0.1, -0.05) is 34.1 Å². The van der Waals surface area contributed by atoms with E-state index < -0.39 is 4.92 Å². The van der Waals surface area contributed by atoms with E-state index in [1.54, 1.807) is 24.3 Å².